The van der Waals surface area contributed by atoms with E-state index in [2.05, 4.69) is 4.99 Å². The Morgan fingerprint density at radius 2 is 1.80 bits per heavy atom. The Morgan fingerprint density at radius 3 is 2.48 bits per heavy atom. The molecule has 1 aliphatic rings. The molecule has 0 bridgehead atoms. The van der Waals surface area contributed by atoms with Gasteiger partial charge in [0.1, 0.15) is 11.5 Å². The Hall–Kier alpha value is -3.08. The van der Waals surface area contributed by atoms with Crippen LogP contribution in [0.3, 0.4) is 0 Å². The molecule has 1 heterocycles. The second kappa shape index (κ2) is 7.21. The van der Waals surface area contributed by atoms with Gasteiger partial charge in [0.2, 0.25) is 5.90 Å². The predicted octanol–water partition coefficient (Wildman–Crippen LogP) is 3.83. The molecule has 2 aromatic carbocycles. The SMILES string of the molecule is COc1ccccc1C1=N/C(=C/c2ccc(OC(C)C)cc2)C(=O)O1. The quantitative estimate of drug-likeness (QED) is 0.615. The summed E-state index contributed by atoms with van der Waals surface area (Å²) in [6.45, 7) is 3.94. The number of rotatable bonds is 5. The van der Waals surface area contributed by atoms with Gasteiger partial charge >= 0.3 is 5.97 Å². The van der Waals surface area contributed by atoms with E-state index in [9.17, 15) is 4.79 Å². The molecule has 0 spiro atoms. The van der Waals surface area contributed by atoms with Crippen molar-refractivity contribution in [2.45, 2.75) is 20.0 Å². The molecule has 0 atom stereocenters. The number of nitrogens with zero attached hydrogens (tertiary/aromatic N) is 1. The summed E-state index contributed by atoms with van der Waals surface area (Å²) in [6.07, 6.45) is 1.80. The summed E-state index contributed by atoms with van der Waals surface area (Å²) in [6, 6.07) is 14.7. The third kappa shape index (κ3) is 3.88. The van der Waals surface area contributed by atoms with E-state index in [1.54, 1.807) is 25.3 Å². The molecule has 0 saturated carbocycles. The second-order valence-corrected chi connectivity index (χ2v) is 5.77. The molecule has 5 heteroatoms. The molecular weight excluding hydrogens is 318 g/mol. The first-order valence-corrected chi connectivity index (χ1v) is 7.99. The van der Waals surface area contributed by atoms with Gasteiger partial charge in [0.05, 0.1) is 18.8 Å². The Kier molecular flexibility index (Phi) is 4.84. The Labute approximate surface area is 146 Å². The van der Waals surface area contributed by atoms with Crippen LogP contribution in [-0.2, 0) is 9.53 Å². The lowest BCUT2D eigenvalue weighted by molar-refractivity contribution is -0.129. The van der Waals surface area contributed by atoms with Crippen LogP contribution in [0, 0.1) is 0 Å². The fourth-order valence-electron chi connectivity index (χ4n) is 2.42. The van der Waals surface area contributed by atoms with Crippen molar-refractivity contribution in [1.82, 2.24) is 0 Å². The molecule has 0 aromatic heterocycles. The number of ether oxygens (including phenoxy) is 3. The number of methoxy groups -OCH3 is 1. The summed E-state index contributed by atoms with van der Waals surface area (Å²) in [5, 5.41) is 0. The smallest absolute Gasteiger partial charge is 0.363 e. The minimum atomic E-state index is -0.483. The van der Waals surface area contributed by atoms with Crippen molar-refractivity contribution in [3.05, 3.63) is 65.4 Å². The minimum absolute atomic E-state index is 0.113. The molecule has 0 N–H and O–H groups in total. The lowest BCUT2D eigenvalue weighted by Gasteiger charge is -2.09. The first kappa shape index (κ1) is 16.8. The number of benzene rings is 2. The Balaban J connectivity index is 1.86. The number of carbonyl (C=O) groups excluding carboxylic acids is 1. The van der Waals surface area contributed by atoms with E-state index >= 15 is 0 Å². The van der Waals surface area contributed by atoms with E-state index in [1.165, 1.54) is 0 Å². The first-order chi connectivity index (χ1) is 12.1. The van der Waals surface area contributed by atoms with Crippen LogP contribution in [0.4, 0.5) is 0 Å². The van der Waals surface area contributed by atoms with E-state index < -0.39 is 5.97 Å². The molecule has 0 radical (unpaired) electrons. The highest BCUT2D eigenvalue weighted by Gasteiger charge is 2.26. The number of aliphatic imine (C=N–C) groups is 1. The van der Waals surface area contributed by atoms with Crippen molar-refractivity contribution < 1.29 is 19.0 Å². The Bertz CT molecular complexity index is 835. The predicted molar refractivity (Wildman–Crippen MR) is 95.8 cm³/mol. The van der Waals surface area contributed by atoms with Crippen molar-refractivity contribution in [2.75, 3.05) is 7.11 Å². The van der Waals surface area contributed by atoms with E-state index in [0.29, 0.717) is 11.3 Å². The summed E-state index contributed by atoms with van der Waals surface area (Å²) in [5.74, 6) is 1.15. The van der Waals surface area contributed by atoms with Crippen LogP contribution in [-0.4, -0.2) is 25.1 Å². The van der Waals surface area contributed by atoms with E-state index in [4.69, 9.17) is 14.2 Å². The fraction of sp³-hybridized carbons (Fsp3) is 0.200. The third-order valence-corrected chi connectivity index (χ3v) is 3.51. The maximum atomic E-state index is 12.1. The maximum absolute atomic E-state index is 12.1. The summed E-state index contributed by atoms with van der Waals surface area (Å²) < 4.78 is 16.2. The number of carbonyl (C=O) groups is 1. The van der Waals surface area contributed by atoms with Gasteiger partial charge in [0, 0.05) is 0 Å². The summed E-state index contributed by atoms with van der Waals surface area (Å²) in [4.78, 5) is 16.4. The van der Waals surface area contributed by atoms with Crippen molar-refractivity contribution in [3.63, 3.8) is 0 Å². The molecule has 0 unspecified atom stereocenters. The van der Waals surface area contributed by atoms with Gasteiger partial charge in [-0.05, 0) is 49.8 Å². The van der Waals surface area contributed by atoms with Gasteiger partial charge in [-0.3, -0.25) is 0 Å². The topological polar surface area (TPSA) is 57.1 Å². The lowest BCUT2D eigenvalue weighted by atomic mass is 10.2. The molecule has 128 valence electrons. The molecule has 25 heavy (non-hydrogen) atoms. The Morgan fingerprint density at radius 1 is 1.08 bits per heavy atom. The fourth-order valence-corrected chi connectivity index (χ4v) is 2.42. The van der Waals surface area contributed by atoms with E-state index in [-0.39, 0.29) is 17.7 Å². The largest absolute Gasteiger partial charge is 0.496 e. The highest BCUT2D eigenvalue weighted by Crippen LogP contribution is 2.25. The molecule has 1 aliphatic heterocycles. The summed E-state index contributed by atoms with van der Waals surface area (Å²) >= 11 is 0. The zero-order valence-corrected chi connectivity index (χ0v) is 14.4. The van der Waals surface area contributed by atoms with Gasteiger partial charge in [0.15, 0.2) is 5.70 Å². The third-order valence-electron chi connectivity index (χ3n) is 3.51. The van der Waals surface area contributed by atoms with Crippen LogP contribution in [0.5, 0.6) is 11.5 Å². The monoisotopic (exact) mass is 337 g/mol. The van der Waals surface area contributed by atoms with Crippen LogP contribution in [0.25, 0.3) is 6.08 Å². The second-order valence-electron chi connectivity index (χ2n) is 5.77. The average molecular weight is 337 g/mol. The van der Waals surface area contributed by atoms with Gasteiger partial charge in [-0.1, -0.05) is 24.3 Å². The van der Waals surface area contributed by atoms with Gasteiger partial charge in [-0.15, -0.1) is 0 Å². The highest BCUT2D eigenvalue weighted by molar-refractivity contribution is 6.13. The first-order valence-electron chi connectivity index (χ1n) is 7.99. The summed E-state index contributed by atoms with van der Waals surface area (Å²) in [7, 11) is 1.56. The molecule has 0 saturated heterocycles. The van der Waals surface area contributed by atoms with Crippen LogP contribution >= 0.6 is 0 Å². The van der Waals surface area contributed by atoms with Crippen LogP contribution in [0.15, 0.2) is 59.2 Å². The van der Waals surface area contributed by atoms with Crippen molar-refractivity contribution in [1.29, 1.82) is 0 Å². The van der Waals surface area contributed by atoms with Gasteiger partial charge < -0.3 is 14.2 Å². The van der Waals surface area contributed by atoms with Crippen LogP contribution < -0.4 is 9.47 Å². The van der Waals surface area contributed by atoms with Crippen molar-refractivity contribution in [3.8, 4) is 11.5 Å². The number of para-hydroxylation sites is 1. The van der Waals surface area contributed by atoms with Crippen molar-refractivity contribution in [2.24, 2.45) is 4.99 Å². The normalized spacial score (nSPS) is 15.3. The molecule has 0 fully saturated rings. The van der Waals surface area contributed by atoms with E-state index in [1.807, 2.05) is 50.2 Å². The zero-order chi connectivity index (χ0) is 17.8. The molecule has 2 aromatic rings. The minimum Gasteiger partial charge on any atom is -0.496 e. The zero-order valence-electron chi connectivity index (χ0n) is 14.4. The number of esters is 1. The standard InChI is InChI=1S/C20H19NO4/c1-13(2)24-15-10-8-14(9-11-15)12-17-20(22)25-19(21-17)16-6-4-5-7-18(16)23-3/h4-13H,1-3H3/b17-12+. The van der Waals surface area contributed by atoms with Crippen LogP contribution in [0.1, 0.15) is 25.0 Å². The van der Waals surface area contributed by atoms with E-state index in [0.717, 1.165) is 11.3 Å². The van der Waals surface area contributed by atoms with Gasteiger partial charge in [-0.25, -0.2) is 9.79 Å². The number of hydrogen-bond acceptors (Lipinski definition) is 5. The number of cyclic esters (lactones) is 1. The number of hydrogen-bond donors (Lipinski definition) is 0. The molecule has 3 rings (SSSR count). The van der Waals surface area contributed by atoms with Crippen LogP contribution in [0.2, 0.25) is 0 Å². The lowest BCUT2D eigenvalue weighted by Crippen LogP contribution is -2.06. The van der Waals surface area contributed by atoms with Gasteiger partial charge in [0.25, 0.3) is 0 Å². The molecule has 0 aliphatic carbocycles. The molecule has 0 amide bonds. The summed E-state index contributed by atoms with van der Waals surface area (Å²) in [5.41, 5.74) is 1.73. The highest BCUT2D eigenvalue weighted by atomic mass is 16.6. The molecular formula is C20H19NO4. The molecule has 5 nitrogen and oxygen atoms in total. The van der Waals surface area contributed by atoms with Crippen molar-refractivity contribution >= 4 is 17.9 Å². The maximum Gasteiger partial charge on any atom is 0.363 e. The van der Waals surface area contributed by atoms with Gasteiger partial charge in [-0.2, -0.15) is 0 Å². The average Bonchev–Trinajstić information content (AvgIpc) is 2.96.